The summed E-state index contributed by atoms with van der Waals surface area (Å²) in [6.45, 7) is 15.8. The van der Waals surface area contributed by atoms with Crippen molar-refractivity contribution in [2.45, 2.75) is 53.0 Å². The lowest BCUT2D eigenvalue weighted by Gasteiger charge is -2.30. The molecular formula is C19H34N2. The van der Waals surface area contributed by atoms with Crippen LogP contribution in [-0.4, -0.2) is 32.1 Å². The fraction of sp³-hybridized carbons (Fsp3) is 0.684. The third-order valence-corrected chi connectivity index (χ3v) is 3.91. The van der Waals surface area contributed by atoms with E-state index in [0.717, 1.165) is 13.1 Å². The molecule has 1 aromatic rings. The first kappa shape index (κ1) is 18.2. The maximum Gasteiger partial charge on any atom is 0.0292 e. The van der Waals surface area contributed by atoms with E-state index in [1.54, 1.807) is 0 Å². The molecule has 0 aliphatic carbocycles. The first-order chi connectivity index (χ1) is 9.51. The van der Waals surface area contributed by atoms with Gasteiger partial charge in [-0.05, 0) is 43.0 Å². The highest BCUT2D eigenvalue weighted by atomic mass is 15.1. The van der Waals surface area contributed by atoms with Gasteiger partial charge in [-0.1, -0.05) is 58.9 Å². The maximum atomic E-state index is 3.68. The van der Waals surface area contributed by atoms with Crippen LogP contribution in [0.2, 0.25) is 0 Å². The van der Waals surface area contributed by atoms with Gasteiger partial charge in [0.1, 0.15) is 0 Å². The van der Waals surface area contributed by atoms with Crippen LogP contribution in [0.15, 0.2) is 24.3 Å². The summed E-state index contributed by atoms with van der Waals surface area (Å²) in [6.07, 6.45) is 0. The molecule has 0 aromatic heterocycles. The summed E-state index contributed by atoms with van der Waals surface area (Å²) in [5.74, 6) is 0. The van der Waals surface area contributed by atoms with Crippen LogP contribution in [0, 0.1) is 5.41 Å². The number of nitrogens with one attached hydrogen (secondary N) is 1. The minimum atomic E-state index is 0.225. The zero-order valence-corrected chi connectivity index (χ0v) is 15.2. The van der Waals surface area contributed by atoms with Gasteiger partial charge in [0.25, 0.3) is 0 Å². The molecule has 1 N–H and O–H groups in total. The highest BCUT2D eigenvalue weighted by molar-refractivity contribution is 5.29. The van der Waals surface area contributed by atoms with Crippen molar-refractivity contribution < 1.29 is 0 Å². The zero-order chi connectivity index (χ0) is 16.3. The maximum absolute atomic E-state index is 3.68. The van der Waals surface area contributed by atoms with Gasteiger partial charge in [-0.3, -0.25) is 0 Å². The summed E-state index contributed by atoms with van der Waals surface area (Å²) in [4.78, 5) is 2.25. The monoisotopic (exact) mass is 290 g/mol. The number of benzene rings is 1. The van der Waals surface area contributed by atoms with Crippen LogP contribution < -0.4 is 5.32 Å². The van der Waals surface area contributed by atoms with Crippen molar-refractivity contribution >= 4 is 0 Å². The van der Waals surface area contributed by atoms with Crippen molar-refractivity contribution in [2.24, 2.45) is 5.41 Å². The van der Waals surface area contributed by atoms with E-state index in [9.17, 15) is 0 Å². The molecule has 1 aromatic carbocycles. The molecule has 2 nitrogen and oxygen atoms in total. The first-order valence-corrected chi connectivity index (χ1v) is 8.00. The fourth-order valence-electron chi connectivity index (χ4n) is 2.73. The SMILES string of the molecule is CC(NCC(C)(C)CN(C)C)c1ccc(C(C)(C)C)cc1. The molecule has 0 heterocycles. The number of hydrogen-bond donors (Lipinski definition) is 1. The molecule has 0 aliphatic heterocycles. The molecule has 2 heteroatoms. The Bertz CT molecular complexity index is 424. The Labute approximate surface area is 131 Å². The van der Waals surface area contributed by atoms with E-state index in [2.05, 4.69) is 90.1 Å². The van der Waals surface area contributed by atoms with Crippen LogP contribution in [-0.2, 0) is 5.41 Å². The van der Waals surface area contributed by atoms with Gasteiger partial charge in [0.15, 0.2) is 0 Å². The van der Waals surface area contributed by atoms with E-state index in [0.29, 0.717) is 6.04 Å². The molecule has 0 fully saturated rings. The molecule has 0 bridgehead atoms. The van der Waals surface area contributed by atoms with Crippen molar-refractivity contribution in [3.8, 4) is 0 Å². The molecule has 120 valence electrons. The highest BCUT2D eigenvalue weighted by Gasteiger charge is 2.20. The normalized spacial score (nSPS) is 14.5. The predicted octanol–water partition coefficient (Wildman–Crippen LogP) is 4.22. The van der Waals surface area contributed by atoms with Crippen molar-refractivity contribution in [2.75, 3.05) is 27.2 Å². The third kappa shape index (κ3) is 6.19. The first-order valence-electron chi connectivity index (χ1n) is 8.00. The van der Waals surface area contributed by atoms with Gasteiger partial charge in [-0.25, -0.2) is 0 Å². The quantitative estimate of drug-likeness (QED) is 0.844. The van der Waals surface area contributed by atoms with Crippen LogP contribution in [0.1, 0.15) is 58.7 Å². The molecule has 0 spiro atoms. The second kappa shape index (κ2) is 6.93. The lowest BCUT2D eigenvalue weighted by Crippen LogP contribution is -2.38. The largest absolute Gasteiger partial charge is 0.310 e. The number of rotatable bonds is 6. The number of hydrogen-bond acceptors (Lipinski definition) is 2. The topological polar surface area (TPSA) is 15.3 Å². The van der Waals surface area contributed by atoms with Crippen molar-refractivity contribution in [3.63, 3.8) is 0 Å². The van der Waals surface area contributed by atoms with Gasteiger partial charge in [-0.2, -0.15) is 0 Å². The van der Waals surface area contributed by atoms with Gasteiger partial charge in [0.2, 0.25) is 0 Å². The molecule has 0 aliphatic rings. The summed E-state index contributed by atoms with van der Waals surface area (Å²) >= 11 is 0. The van der Waals surface area contributed by atoms with Crippen LogP contribution in [0.5, 0.6) is 0 Å². The highest BCUT2D eigenvalue weighted by Crippen LogP contribution is 2.24. The average molecular weight is 290 g/mol. The van der Waals surface area contributed by atoms with Gasteiger partial charge < -0.3 is 10.2 Å². The Morgan fingerprint density at radius 2 is 1.52 bits per heavy atom. The van der Waals surface area contributed by atoms with Crippen LogP contribution >= 0.6 is 0 Å². The Hall–Kier alpha value is -0.860. The fourth-order valence-corrected chi connectivity index (χ4v) is 2.73. The molecule has 0 saturated carbocycles. The minimum absolute atomic E-state index is 0.225. The Morgan fingerprint density at radius 1 is 1.00 bits per heavy atom. The number of nitrogens with zero attached hydrogens (tertiary/aromatic N) is 1. The summed E-state index contributed by atoms with van der Waals surface area (Å²) in [5.41, 5.74) is 3.27. The Balaban J connectivity index is 2.62. The van der Waals surface area contributed by atoms with Crippen LogP contribution in [0.3, 0.4) is 0 Å². The molecule has 1 atom stereocenters. The van der Waals surface area contributed by atoms with E-state index in [-0.39, 0.29) is 10.8 Å². The summed E-state index contributed by atoms with van der Waals surface area (Å²) in [6, 6.07) is 9.44. The van der Waals surface area contributed by atoms with E-state index in [1.807, 2.05) is 0 Å². The Kier molecular flexibility index (Phi) is 6.01. The van der Waals surface area contributed by atoms with E-state index in [4.69, 9.17) is 0 Å². The third-order valence-electron chi connectivity index (χ3n) is 3.91. The van der Waals surface area contributed by atoms with E-state index in [1.165, 1.54) is 11.1 Å². The van der Waals surface area contributed by atoms with Crippen LogP contribution in [0.4, 0.5) is 0 Å². The lowest BCUT2D eigenvalue weighted by atomic mass is 9.86. The molecule has 21 heavy (non-hydrogen) atoms. The van der Waals surface area contributed by atoms with Gasteiger partial charge in [0.05, 0.1) is 0 Å². The van der Waals surface area contributed by atoms with Crippen molar-refractivity contribution in [1.29, 1.82) is 0 Å². The molecule has 1 rings (SSSR count). The molecule has 0 amide bonds. The Morgan fingerprint density at radius 3 is 1.95 bits per heavy atom. The summed E-state index contributed by atoms with van der Waals surface area (Å²) in [7, 11) is 4.27. The molecular weight excluding hydrogens is 256 g/mol. The van der Waals surface area contributed by atoms with Crippen molar-refractivity contribution in [1.82, 2.24) is 10.2 Å². The smallest absolute Gasteiger partial charge is 0.0292 e. The van der Waals surface area contributed by atoms with Gasteiger partial charge >= 0.3 is 0 Å². The molecule has 0 radical (unpaired) electrons. The zero-order valence-electron chi connectivity index (χ0n) is 15.2. The van der Waals surface area contributed by atoms with E-state index >= 15 is 0 Å². The van der Waals surface area contributed by atoms with Crippen molar-refractivity contribution in [3.05, 3.63) is 35.4 Å². The average Bonchev–Trinajstić information content (AvgIpc) is 2.33. The molecule has 0 saturated heterocycles. The van der Waals surface area contributed by atoms with Gasteiger partial charge in [-0.15, -0.1) is 0 Å². The van der Waals surface area contributed by atoms with E-state index < -0.39 is 0 Å². The second-order valence-corrected chi connectivity index (χ2v) is 8.38. The summed E-state index contributed by atoms with van der Waals surface area (Å²) in [5, 5.41) is 3.68. The van der Waals surface area contributed by atoms with Crippen LogP contribution in [0.25, 0.3) is 0 Å². The molecule has 1 unspecified atom stereocenters. The van der Waals surface area contributed by atoms with Gasteiger partial charge in [0, 0.05) is 19.1 Å². The second-order valence-electron chi connectivity index (χ2n) is 8.38. The standard InChI is InChI=1S/C19H34N2/c1-15(20-13-19(5,6)14-21(7)8)16-9-11-17(12-10-16)18(2,3)4/h9-12,15,20H,13-14H2,1-8H3. The minimum Gasteiger partial charge on any atom is -0.310 e. The predicted molar refractivity (Wildman–Crippen MR) is 93.9 cm³/mol. The lowest BCUT2D eigenvalue weighted by molar-refractivity contribution is 0.227. The summed E-state index contributed by atoms with van der Waals surface area (Å²) < 4.78 is 0.